The van der Waals surface area contributed by atoms with Crippen LogP contribution in [0.4, 0.5) is 4.39 Å². The number of aromatic nitrogens is 2. The minimum absolute atomic E-state index is 0.0197. The Bertz CT molecular complexity index is 1280. The molecule has 0 aliphatic heterocycles. The zero-order chi connectivity index (χ0) is 31.4. The zero-order valence-corrected chi connectivity index (χ0v) is 27.5. The molecule has 242 valence electrons. The molecule has 1 N–H and O–H groups in total. The van der Waals surface area contributed by atoms with Gasteiger partial charge < -0.3 is 19.4 Å². The molecule has 7 heteroatoms. The Hall–Kier alpha value is -2.77. The van der Waals surface area contributed by atoms with Crippen molar-refractivity contribution in [2.24, 2.45) is 5.92 Å². The number of H-pyrrole nitrogens is 1. The van der Waals surface area contributed by atoms with E-state index in [1.54, 1.807) is 6.07 Å². The van der Waals surface area contributed by atoms with Crippen LogP contribution in [0.2, 0.25) is 0 Å². The van der Waals surface area contributed by atoms with Crippen LogP contribution in [-0.4, -0.2) is 60.3 Å². The standard InChI is InChI=1S/C37H54FN3O3/c1-28(2)36-31-20-19-30(38)26-29(31)21-22-37(36,44-35(42)27-43-4)23-25-41(3)24-15-11-9-7-5-6-8-10-12-18-34-39-32-16-13-14-17-33(32)40-34/h13-14,16-17,19-20,26,28,36H,5-12,15,18,21-25,27H2,1-4H3,(H,39,40)/t36-,37-/m1/s1. The van der Waals surface area contributed by atoms with Crippen molar-refractivity contribution in [1.82, 2.24) is 14.9 Å². The van der Waals surface area contributed by atoms with Gasteiger partial charge in [-0.2, -0.15) is 0 Å². The summed E-state index contributed by atoms with van der Waals surface area (Å²) >= 11 is 0. The molecule has 3 aromatic rings. The van der Waals surface area contributed by atoms with E-state index in [0.29, 0.717) is 12.8 Å². The first-order chi connectivity index (χ1) is 21.3. The van der Waals surface area contributed by atoms with Gasteiger partial charge in [0.1, 0.15) is 23.8 Å². The molecule has 2 aromatic carbocycles. The third-order valence-corrected chi connectivity index (χ3v) is 9.38. The fraction of sp³-hybridized carbons (Fsp3) is 0.622. The van der Waals surface area contributed by atoms with E-state index in [4.69, 9.17) is 9.47 Å². The maximum Gasteiger partial charge on any atom is 0.332 e. The zero-order valence-electron chi connectivity index (χ0n) is 27.5. The highest BCUT2D eigenvalue weighted by molar-refractivity contribution is 5.74. The van der Waals surface area contributed by atoms with Gasteiger partial charge in [0, 0.05) is 32.4 Å². The molecule has 44 heavy (non-hydrogen) atoms. The minimum Gasteiger partial charge on any atom is -0.457 e. The van der Waals surface area contributed by atoms with Gasteiger partial charge in [-0.3, -0.25) is 0 Å². The number of methoxy groups -OCH3 is 1. The molecule has 1 heterocycles. The van der Waals surface area contributed by atoms with Gasteiger partial charge in [0.2, 0.25) is 0 Å². The van der Waals surface area contributed by atoms with E-state index in [1.807, 2.05) is 18.2 Å². The third-order valence-electron chi connectivity index (χ3n) is 9.38. The normalized spacial score (nSPS) is 18.3. The average Bonchev–Trinajstić information content (AvgIpc) is 3.42. The Balaban J connectivity index is 1.13. The molecule has 6 nitrogen and oxygen atoms in total. The quantitative estimate of drug-likeness (QED) is 0.110. The number of nitrogens with zero attached hydrogens (tertiary/aromatic N) is 2. The van der Waals surface area contributed by atoms with Crippen LogP contribution in [0.5, 0.6) is 0 Å². The molecule has 2 atom stereocenters. The number of hydrogen-bond acceptors (Lipinski definition) is 5. The summed E-state index contributed by atoms with van der Waals surface area (Å²) in [6, 6.07) is 13.3. The minimum atomic E-state index is -0.616. The van der Waals surface area contributed by atoms with E-state index < -0.39 is 5.60 Å². The maximum atomic E-state index is 14.0. The molecule has 1 aliphatic rings. The second-order valence-electron chi connectivity index (χ2n) is 13.2. The lowest BCUT2D eigenvalue weighted by Crippen LogP contribution is -2.49. The van der Waals surface area contributed by atoms with Gasteiger partial charge in [-0.05, 0) is 80.6 Å². The van der Waals surface area contributed by atoms with E-state index >= 15 is 0 Å². The third kappa shape index (κ3) is 9.61. The number of rotatable bonds is 19. The fourth-order valence-electron chi connectivity index (χ4n) is 7.19. The average molecular weight is 608 g/mol. The summed E-state index contributed by atoms with van der Waals surface area (Å²) in [4.78, 5) is 23.2. The fourth-order valence-corrected chi connectivity index (χ4v) is 7.19. The van der Waals surface area contributed by atoms with E-state index in [1.165, 1.54) is 71.0 Å². The number of aryl methyl sites for hydroxylation is 2. The molecular formula is C37H54FN3O3. The lowest BCUT2D eigenvalue weighted by atomic mass is 9.65. The summed E-state index contributed by atoms with van der Waals surface area (Å²) in [6.07, 6.45) is 14.6. The Morgan fingerprint density at radius 3 is 2.43 bits per heavy atom. The summed E-state index contributed by atoms with van der Waals surface area (Å²) in [6.45, 7) is 6.19. The van der Waals surface area contributed by atoms with Crippen LogP contribution in [0.1, 0.15) is 107 Å². The van der Waals surface area contributed by atoms with E-state index in [2.05, 4.69) is 47.9 Å². The summed E-state index contributed by atoms with van der Waals surface area (Å²) in [5.74, 6) is 0.851. The molecule has 0 radical (unpaired) electrons. The monoisotopic (exact) mass is 607 g/mol. The number of hydrogen-bond donors (Lipinski definition) is 1. The van der Waals surface area contributed by atoms with Gasteiger partial charge >= 0.3 is 5.97 Å². The molecule has 0 saturated carbocycles. The number of fused-ring (bicyclic) bond motifs is 2. The highest BCUT2D eigenvalue weighted by Gasteiger charge is 2.47. The Labute approximate surface area is 264 Å². The molecule has 4 rings (SSSR count). The number of carbonyl (C=O) groups excluding carboxylic acids is 1. The van der Waals surface area contributed by atoms with Crippen LogP contribution in [0.3, 0.4) is 0 Å². The predicted molar refractivity (Wildman–Crippen MR) is 176 cm³/mol. The van der Waals surface area contributed by atoms with Crippen LogP contribution < -0.4 is 0 Å². The number of aromatic amines is 1. The van der Waals surface area contributed by atoms with Crippen LogP contribution in [0, 0.1) is 11.7 Å². The number of unbranched alkanes of at least 4 members (excludes halogenated alkanes) is 8. The lowest BCUT2D eigenvalue weighted by molar-refractivity contribution is -0.172. The Morgan fingerprint density at radius 2 is 1.73 bits per heavy atom. The second kappa shape index (κ2) is 17.1. The number of carbonyl (C=O) groups is 1. The molecule has 1 aromatic heterocycles. The molecule has 0 spiro atoms. The highest BCUT2D eigenvalue weighted by atomic mass is 19.1. The van der Waals surface area contributed by atoms with E-state index in [9.17, 15) is 9.18 Å². The summed E-state index contributed by atoms with van der Waals surface area (Å²) in [5.41, 5.74) is 3.74. The summed E-state index contributed by atoms with van der Waals surface area (Å²) in [5, 5.41) is 0. The molecule has 0 saturated heterocycles. The first kappa shape index (κ1) is 34.1. The van der Waals surface area contributed by atoms with Gasteiger partial charge in [-0.15, -0.1) is 0 Å². The number of benzene rings is 2. The van der Waals surface area contributed by atoms with Crippen molar-refractivity contribution in [2.45, 2.75) is 109 Å². The maximum absolute atomic E-state index is 14.0. The van der Waals surface area contributed by atoms with Gasteiger partial charge in [0.15, 0.2) is 0 Å². The molecule has 0 bridgehead atoms. The highest BCUT2D eigenvalue weighted by Crippen LogP contribution is 2.48. The van der Waals surface area contributed by atoms with Crippen LogP contribution in [0.25, 0.3) is 11.0 Å². The van der Waals surface area contributed by atoms with Crippen LogP contribution in [0.15, 0.2) is 42.5 Å². The van der Waals surface area contributed by atoms with Crippen molar-refractivity contribution in [3.05, 3.63) is 65.2 Å². The number of esters is 1. The van der Waals surface area contributed by atoms with Crippen molar-refractivity contribution in [3.8, 4) is 0 Å². The van der Waals surface area contributed by atoms with Crippen molar-refractivity contribution in [1.29, 1.82) is 0 Å². The smallest absolute Gasteiger partial charge is 0.332 e. The summed E-state index contributed by atoms with van der Waals surface area (Å²) in [7, 11) is 3.69. The Morgan fingerprint density at radius 1 is 1.02 bits per heavy atom. The lowest BCUT2D eigenvalue weighted by Gasteiger charge is -2.47. The van der Waals surface area contributed by atoms with Gasteiger partial charge in [0.25, 0.3) is 0 Å². The molecule has 0 fully saturated rings. The van der Waals surface area contributed by atoms with Crippen molar-refractivity contribution >= 4 is 17.0 Å². The van der Waals surface area contributed by atoms with Crippen LogP contribution >= 0.6 is 0 Å². The van der Waals surface area contributed by atoms with E-state index in [-0.39, 0.29) is 30.2 Å². The molecule has 0 amide bonds. The largest absolute Gasteiger partial charge is 0.457 e. The number of ether oxygens (including phenoxy) is 2. The second-order valence-corrected chi connectivity index (χ2v) is 13.2. The van der Waals surface area contributed by atoms with Crippen molar-refractivity contribution in [3.63, 3.8) is 0 Å². The van der Waals surface area contributed by atoms with Gasteiger partial charge in [-0.1, -0.05) is 77.0 Å². The van der Waals surface area contributed by atoms with Crippen LogP contribution in [-0.2, 0) is 27.1 Å². The number of halogens is 1. The molecular weight excluding hydrogens is 553 g/mol. The van der Waals surface area contributed by atoms with Crippen molar-refractivity contribution < 1.29 is 18.7 Å². The molecule has 1 aliphatic carbocycles. The van der Waals surface area contributed by atoms with Gasteiger partial charge in [0.05, 0.1) is 11.0 Å². The Kier molecular flexibility index (Phi) is 13.2. The molecule has 0 unspecified atom stereocenters. The topological polar surface area (TPSA) is 67.5 Å². The summed E-state index contributed by atoms with van der Waals surface area (Å²) < 4.78 is 25.4. The SMILES string of the molecule is COCC(=O)O[C@@]1(CCN(C)CCCCCCCCCCCc2nc3ccccc3[nH]2)CCc2cc(F)ccc2[C@H]1C(C)C. The first-order valence-corrected chi connectivity index (χ1v) is 16.9. The van der Waals surface area contributed by atoms with E-state index in [0.717, 1.165) is 53.9 Å². The predicted octanol–water partition coefficient (Wildman–Crippen LogP) is 8.39. The number of imidazole rings is 1. The first-order valence-electron chi connectivity index (χ1n) is 16.9. The number of para-hydroxylation sites is 2. The number of nitrogens with one attached hydrogen (secondary N) is 1. The van der Waals surface area contributed by atoms with Crippen molar-refractivity contribution in [2.75, 3.05) is 33.9 Å². The van der Waals surface area contributed by atoms with Gasteiger partial charge in [-0.25, -0.2) is 14.2 Å².